The number of benzene rings is 1. The topological polar surface area (TPSA) is 95.5 Å². The Bertz CT molecular complexity index is 629. The summed E-state index contributed by atoms with van der Waals surface area (Å²) < 4.78 is 0. The molecule has 3 atom stereocenters. The van der Waals surface area contributed by atoms with E-state index in [2.05, 4.69) is 10.6 Å². The van der Waals surface area contributed by atoms with Gasteiger partial charge in [0.25, 0.3) is 0 Å². The zero-order valence-corrected chi connectivity index (χ0v) is 14.0. The van der Waals surface area contributed by atoms with E-state index in [9.17, 15) is 19.5 Å². The lowest BCUT2D eigenvalue weighted by Crippen LogP contribution is -2.45. The number of nitrogens with one attached hydrogen (secondary N) is 2. The van der Waals surface area contributed by atoms with E-state index in [1.165, 1.54) is 0 Å². The quantitative estimate of drug-likeness (QED) is 0.713. The third-order valence-corrected chi connectivity index (χ3v) is 4.63. The number of amides is 2. The van der Waals surface area contributed by atoms with E-state index in [-0.39, 0.29) is 30.1 Å². The first-order valence-electron chi connectivity index (χ1n) is 8.33. The van der Waals surface area contributed by atoms with E-state index in [1.54, 1.807) is 6.92 Å². The molecule has 3 N–H and O–H groups in total. The van der Waals surface area contributed by atoms with Gasteiger partial charge in [0.15, 0.2) is 0 Å². The van der Waals surface area contributed by atoms with Crippen LogP contribution in [0.2, 0.25) is 0 Å². The van der Waals surface area contributed by atoms with Crippen LogP contribution in [0.15, 0.2) is 24.3 Å². The molecule has 1 aromatic carbocycles. The minimum Gasteiger partial charge on any atom is -0.480 e. The maximum Gasteiger partial charge on any atom is 0.326 e. The number of para-hydroxylation sites is 1. The van der Waals surface area contributed by atoms with E-state index in [4.69, 9.17) is 0 Å². The predicted molar refractivity (Wildman–Crippen MR) is 90.5 cm³/mol. The van der Waals surface area contributed by atoms with Gasteiger partial charge in [-0.1, -0.05) is 38.5 Å². The van der Waals surface area contributed by atoms with Crippen LogP contribution in [-0.4, -0.2) is 28.9 Å². The number of aliphatic carboxylic acids is 1. The summed E-state index contributed by atoms with van der Waals surface area (Å²) >= 11 is 0. The number of rotatable bonds is 7. The van der Waals surface area contributed by atoms with E-state index < -0.39 is 12.0 Å². The van der Waals surface area contributed by atoms with Crippen molar-refractivity contribution in [1.29, 1.82) is 0 Å². The molecule has 6 nitrogen and oxygen atoms in total. The lowest BCUT2D eigenvalue weighted by Gasteiger charge is -2.25. The highest BCUT2D eigenvalue weighted by atomic mass is 16.4. The fraction of sp³-hybridized carbons (Fsp3) is 0.500. The summed E-state index contributed by atoms with van der Waals surface area (Å²) in [6.45, 7) is 3.68. The van der Waals surface area contributed by atoms with Crippen molar-refractivity contribution in [3.63, 3.8) is 0 Å². The Hall–Kier alpha value is -2.37. The second kappa shape index (κ2) is 7.95. The van der Waals surface area contributed by atoms with Gasteiger partial charge in [0.1, 0.15) is 6.04 Å². The highest BCUT2D eigenvalue weighted by molar-refractivity contribution is 5.96. The second-order valence-corrected chi connectivity index (χ2v) is 6.36. The number of carbonyl (C=O) groups is 3. The summed E-state index contributed by atoms with van der Waals surface area (Å²) in [5.41, 5.74) is 1.89. The molecule has 24 heavy (non-hydrogen) atoms. The first-order chi connectivity index (χ1) is 11.4. The van der Waals surface area contributed by atoms with Gasteiger partial charge in [-0.3, -0.25) is 9.59 Å². The van der Waals surface area contributed by atoms with Gasteiger partial charge in [-0.2, -0.15) is 0 Å². The third kappa shape index (κ3) is 4.34. The standard InChI is InChI=1S/C18H24N2O4/c1-3-11(2)16(18(23)24)20-15(21)9-8-13-10-12-6-4-5-7-14(12)19-17(13)22/h4-7,11,13,16H,3,8-10H2,1-2H3,(H,19,22)(H,20,21)(H,23,24). The zero-order valence-electron chi connectivity index (χ0n) is 14.0. The fourth-order valence-electron chi connectivity index (χ4n) is 2.88. The minimum absolute atomic E-state index is 0.0850. The van der Waals surface area contributed by atoms with Crippen LogP contribution in [0.1, 0.15) is 38.7 Å². The molecule has 3 unspecified atom stereocenters. The van der Waals surface area contributed by atoms with Crippen LogP contribution >= 0.6 is 0 Å². The summed E-state index contributed by atoms with van der Waals surface area (Å²) in [4.78, 5) is 35.4. The predicted octanol–water partition coefficient (Wildman–Crippen LogP) is 2.19. The summed E-state index contributed by atoms with van der Waals surface area (Å²) in [7, 11) is 0. The molecule has 2 rings (SSSR count). The van der Waals surface area contributed by atoms with E-state index >= 15 is 0 Å². The first-order valence-corrected chi connectivity index (χ1v) is 8.33. The van der Waals surface area contributed by atoms with Crippen molar-refractivity contribution < 1.29 is 19.5 Å². The molecule has 1 heterocycles. The number of carboxylic acid groups (broad SMARTS) is 1. The Morgan fingerprint density at radius 1 is 1.38 bits per heavy atom. The van der Waals surface area contributed by atoms with Crippen molar-refractivity contribution in [3.8, 4) is 0 Å². The van der Waals surface area contributed by atoms with Gasteiger partial charge in [-0.15, -0.1) is 0 Å². The minimum atomic E-state index is -1.03. The van der Waals surface area contributed by atoms with Gasteiger partial charge >= 0.3 is 5.97 Å². The molecular formula is C18H24N2O4. The maximum absolute atomic E-state index is 12.1. The molecule has 130 valence electrons. The van der Waals surface area contributed by atoms with Crippen molar-refractivity contribution >= 4 is 23.5 Å². The summed E-state index contributed by atoms with van der Waals surface area (Å²) in [6.07, 6.45) is 1.81. The molecule has 0 fully saturated rings. The zero-order chi connectivity index (χ0) is 17.7. The molecule has 1 aliphatic rings. The molecular weight excluding hydrogens is 308 g/mol. The molecule has 0 spiro atoms. The van der Waals surface area contributed by atoms with Crippen LogP contribution in [-0.2, 0) is 20.8 Å². The lowest BCUT2D eigenvalue weighted by atomic mass is 9.89. The number of hydrogen-bond donors (Lipinski definition) is 3. The van der Waals surface area contributed by atoms with Gasteiger partial charge in [0.05, 0.1) is 0 Å². The SMILES string of the molecule is CCC(C)C(NC(=O)CCC1Cc2ccccc2NC1=O)C(=O)O. The van der Waals surface area contributed by atoms with Crippen LogP contribution < -0.4 is 10.6 Å². The number of anilines is 1. The Labute approximate surface area is 141 Å². The summed E-state index contributed by atoms with van der Waals surface area (Å²) in [5, 5.41) is 14.6. The molecule has 1 aromatic rings. The lowest BCUT2D eigenvalue weighted by molar-refractivity contribution is -0.143. The van der Waals surface area contributed by atoms with Crippen molar-refractivity contribution in [3.05, 3.63) is 29.8 Å². The van der Waals surface area contributed by atoms with Crippen molar-refractivity contribution in [2.24, 2.45) is 11.8 Å². The maximum atomic E-state index is 12.1. The van der Waals surface area contributed by atoms with Gasteiger partial charge in [-0.05, 0) is 30.4 Å². The van der Waals surface area contributed by atoms with E-state index in [1.807, 2.05) is 31.2 Å². The average Bonchev–Trinajstić information content (AvgIpc) is 2.56. The van der Waals surface area contributed by atoms with Crippen LogP contribution in [0.3, 0.4) is 0 Å². The third-order valence-electron chi connectivity index (χ3n) is 4.63. The normalized spacial score (nSPS) is 18.9. The highest BCUT2D eigenvalue weighted by Crippen LogP contribution is 2.27. The Balaban J connectivity index is 1.90. The van der Waals surface area contributed by atoms with Crippen LogP contribution in [0.25, 0.3) is 0 Å². The van der Waals surface area contributed by atoms with Crippen molar-refractivity contribution in [2.75, 3.05) is 5.32 Å². The smallest absolute Gasteiger partial charge is 0.326 e. The summed E-state index contributed by atoms with van der Waals surface area (Å²) in [5.74, 6) is -1.84. The molecule has 0 saturated carbocycles. The van der Waals surface area contributed by atoms with Crippen LogP contribution in [0, 0.1) is 11.8 Å². The monoisotopic (exact) mass is 332 g/mol. The molecule has 0 aliphatic carbocycles. The van der Waals surface area contributed by atoms with Crippen molar-refractivity contribution in [1.82, 2.24) is 5.32 Å². The summed E-state index contributed by atoms with van der Waals surface area (Å²) in [6, 6.07) is 6.73. The van der Waals surface area contributed by atoms with Gasteiger partial charge in [0, 0.05) is 18.0 Å². The Kier molecular flexibility index (Phi) is 5.95. The van der Waals surface area contributed by atoms with Crippen molar-refractivity contribution in [2.45, 2.75) is 45.6 Å². The number of hydrogen-bond acceptors (Lipinski definition) is 3. The largest absolute Gasteiger partial charge is 0.480 e. The highest BCUT2D eigenvalue weighted by Gasteiger charge is 2.28. The number of fused-ring (bicyclic) bond motifs is 1. The Morgan fingerprint density at radius 2 is 2.08 bits per heavy atom. The molecule has 0 radical (unpaired) electrons. The van der Waals surface area contributed by atoms with Gasteiger partial charge in [-0.25, -0.2) is 4.79 Å². The van der Waals surface area contributed by atoms with Crippen LogP contribution in [0.5, 0.6) is 0 Å². The van der Waals surface area contributed by atoms with Crippen LogP contribution in [0.4, 0.5) is 5.69 Å². The second-order valence-electron chi connectivity index (χ2n) is 6.36. The number of carbonyl (C=O) groups excluding carboxylic acids is 2. The molecule has 0 saturated heterocycles. The molecule has 6 heteroatoms. The fourth-order valence-corrected chi connectivity index (χ4v) is 2.88. The molecule has 0 bridgehead atoms. The number of carboxylic acids is 1. The van der Waals surface area contributed by atoms with Gasteiger partial charge < -0.3 is 15.7 Å². The molecule has 0 aromatic heterocycles. The van der Waals surface area contributed by atoms with Gasteiger partial charge in [0.2, 0.25) is 11.8 Å². The van der Waals surface area contributed by atoms with E-state index in [0.29, 0.717) is 19.3 Å². The average molecular weight is 332 g/mol. The van der Waals surface area contributed by atoms with E-state index in [0.717, 1.165) is 11.3 Å². The molecule has 1 aliphatic heterocycles. The molecule has 2 amide bonds. The first kappa shape index (κ1) is 18.0. The Morgan fingerprint density at radius 3 is 2.75 bits per heavy atom.